The van der Waals surface area contributed by atoms with Crippen LogP contribution in [0.25, 0.3) is 0 Å². The molecule has 1 atom stereocenters. The SMILES string of the molecule is C/C=C/C=C/C(=O)N(C1CC1)[C@H]1CCS(=O)(=O)C1. The molecule has 1 saturated carbocycles. The number of carbonyl (C=O) groups is 1. The molecule has 2 aliphatic rings. The van der Waals surface area contributed by atoms with Crippen molar-refractivity contribution in [2.45, 2.75) is 38.3 Å². The molecule has 0 bridgehead atoms. The minimum absolute atomic E-state index is 0.0577. The molecule has 18 heavy (non-hydrogen) atoms. The molecule has 0 unspecified atom stereocenters. The first-order chi connectivity index (χ1) is 8.53. The molecule has 1 heterocycles. The molecule has 1 aliphatic carbocycles. The molecule has 0 aromatic rings. The van der Waals surface area contributed by atoms with Crippen molar-refractivity contribution in [3.8, 4) is 0 Å². The van der Waals surface area contributed by atoms with Crippen LogP contribution >= 0.6 is 0 Å². The van der Waals surface area contributed by atoms with Gasteiger partial charge in [-0.2, -0.15) is 0 Å². The summed E-state index contributed by atoms with van der Waals surface area (Å²) in [5.41, 5.74) is 0. The van der Waals surface area contributed by atoms with Crippen LogP contribution in [-0.4, -0.2) is 42.8 Å². The fourth-order valence-corrected chi connectivity index (χ4v) is 4.05. The number of hydrogen-bond donors (Lipinski definition) is 0. The second-order valence-corrected chi connectivity index (χ2v) is 7.15. The van der Waals surface area contributed by atoms with Gasteiger partial charge in [0.25, 0.3) is 0 Å². The zero-order valence-corrected chi connectivity index (χ0v) is 11.4. The van der Waals surface area contributed by atoms with Crippen molar-refractivity contribution in [3.05, 3.63) is 24.3 Å². The normalized spacial score (nSPS) is 27.1. The Hall–Kier alpha value is -1.10. The van der Waals surface area contributed by atoms with Gasteiger partial charge in [-0.3, -0.25) is 4.79 Å². The van der Waals surface area contributed by atoms with Gasteiger partial charge in [0.15, 0.2) is 9.84 Å². The van der Waals surface area contributed by atoms with E-state index >= 15 is 0 Å². The predicted molar refractivity (Wildman–Crippen MR) is 70.9 cm³/mol. The summed E-state index contributed by atoms with van der Waals surface area (Å²) < 4.78 is 23.0. The van der Waals surface area contributed by atoms with Gasteiger partial charge in [0.1, 0.15) is 0 Å². The Balaban J connectivity index is 2.07. The molecule has 4 nitrogen and oxygen atoms in total. The van der Waals surface area contributed by atoms with Gasteiger partial charge in [0.2, 0.25) is 5.91 Å². The summed E-state index contributed by atoms with van der Waals surface area (Å²) in [6, 6.07) is 0.135. The van der Waals surface area contributed by atoms with Gasteiger partial charge in [-0.1, -0.05) is 18.2 Å². The van der Waals surface area contributed by atoms with E-state index in [9.17, 15) is 13.2 Å². The molecule has 2 rings (SSSR count). The fourth-order valence-electron chi connectivity index (χ4n) is 2.34. The predicted octanol–water partition coefficient (Wildman–Crippen LogP) is 1.30. The van der Waals surface area contributed by atoms with Crippen LogP contribution in [0.2, 0.25) is 0 Å². The quantitative estimate of drug-likeness (QED) is 0.571. The highest BCUT2D eigenvalue weighted by Gasteiger charge is 2.41. The molecule has 5 heteroatoms. The van der Waals surface area contributed by atoms with E-state index in [1.165, 1.54) is 6.08 Å². The molecule has 1 aliphatic heterocycles. The molecule has 2 fully saturated rings. The van der Waals surface area contributed by atoms with Crippen LogP contribution in [0, 0.1) is 0 Å². The zero-order valence-electron chi connectivity index (χ0n) is 10.6. The summed E-state index contributed by atoms with van der Waals surface area (Å²) in [6.45, 7) is 1.89. The summed E-state index contributed by atoms with van der Waals surface area (Å²) in [6.07, 6.45) is 9.48. The van der Waals surface area contributed by atoms with Crippen LogP contribution < -0.4 is 0 Å². The second kappa shape index (κ2) is 5.26. The summed E-state index contributed by atoms with van der Waals surface area (Å²) in [7, 11) is -2.94. The van der Waals surface area contributed by atoms with Crippen molar-refractivity contribution in [3.63, 3.8) is 0 Å². The number of allylic oxidation sites excluding steroid dienone is 3. The van der Waals surface area contributed by atoms with E-state index in [4.69, 9.17) is 0 Å². The molecule has 1 amide bonds. The lowest BCUT2D eigenvalue weighted by Gasteiger charge is -2.27. The first-order valence-electron chi connectivity index (χ1n) is 6.35. The smallest absolute Gasteiger partial charge is 0.247 e. The lowest BCUT2D eigenvalue weighted by Crippen LogP contribution is -2.41. The number of rotatable bonds is 4. The molecule has 0 N–H and O–H groups in total. The van der Waals surface area contributed by atoms with E-state index in [0.717, 1.165) is 12.8 Å². The van der Waals surface area contributed by atoms with E-state index in [1.807, 2.05) is 13.0 Å². The van der Waals surface area contributed by atoms with Gasteiger partial charge in [-0.15, -0.1) is 0 Å². The van der Waals surface area contributed by atoms with Crippen LogP contribution in [0.5, 0.6) is 0 Å². The van der Waals surface area contributed by atoms with E-state index in [1.54, 1.807) is 17.1 Å². The van der Waals surface area contributed by atoms with Gasteiger partial charge in [0, 0.05) is 18.2 Å². The van der Waals surface area contributed by atoms with Gasteiger partial charge >= 0.3 is 0 Å². The molecule has 0 aromatic carbocycles. The monoisotopic (exact) mass is 269 g/mol. The lowest BCUT2D eigenvalue weighted by atomic mass is 10.2. The Morgan fingerprint density at radius 1 is 1.17 bits per heavy atom. The van der Waals surface area contributed by atoms with E-state index < -0.39 is 9.84 Å². The minimum atomic E-state index is -2.94. The Bertz CT molecular complexity index is 474. The van der Waals surface area contributed by atoms with Crippen molar-refractivity contribution in [1.82, 2.24) is 4.90 Å². The van der Waals surface area contributed by atoms with Crippen LogP contribution in [0.4, 0.5) is 0 Å². The summed E-state index contributed by atoms with van der Waals surface area (Å²) in [5, 5.41) is 0. The number of hydrogen-bond acceptors (Lipinski definition) is 3. The molecule has 0 spiro atoms. The third kappa shape index (κ3) is 3.22. The van der Waals surface area contributed by atoms with Crippen molar-refractivity contribution in [2.75, 3.05) is 11.5 Å². The maximum absolute atomic E-state index is 12.1. The van der Waals surface area contributed by atoms with Crippen molar-refractivity contribution >= 4 is 15.7 Å². The Labute approximate surface area is 108 Å². The average Bonchev–Trinajstić information content (AvgIpc) is 3.05. The topological polar surface area (TPSA) is 54.5 Å². The molecule has 0 radical (unpaired) electrons. The van der Waals surface area contributed by atoms with Gasteiger partial charge in [-0.05, 0) is 26.2 Å². The third-order valence-corrected chi connectivity index (χ3v) is 5.09. The van der Waals surface area contributed by atoms with Gasteiger partial charge < -0.3 is 4.90 Å². The molecule has 1 saturated heterocycles. The highest BCUT2D eigenvalue weighted by Crippen LogP contribution is 2.32. The Kier molecular flexibility index (Phi) is 3.90. The summed E-state index contributed by atoms with van der Waals surface area (Å²) >= 11 is 0. The number of amides is 1. The van der Waals surface area contributed by atoms with Gasteiger partial charge in [-0.25, -0.2) is 8.42 Å². The third-order valence-electron chi connectivity index (χ3n) is 3.34. The van der Waals surface area contributed by atoms with Crippen molar-refractivity contribution in [1.29, 1.82) is 0 Å². The summed E-state index contributed by atoms with van der Waals surface area (Å²) in [5.74, 6) is 0.289. The van der Waals surface area contributed by atoms with E-state index in [2.05, 4.69) is 0 Å². The average molecular weight is 269 g/mol. The van der Waals surface area contributed by atoms with Crippen LogP contribution in [0.15, 0.2) is 24.3 Å². The summed E-state index contributed by atoms with van der Waals surface area (Å²) in [4.78, 5) is 13.9. The first kappa shape index (κ1) is 13.3. The van der Waals surface area contributed by atoms with E-state index in [0.29, 0.717) is 6.42 Å². The zero-order chi connectivity index (χ0) is 13.2. The standard InChI is InChI=1S/C13H19NO3S/c1-2-3-4-5-13(15)14(11-6-7-11)12-8-9-18(16,17)10-12/h2-5,11-12H,6-10H2,1H3/b3-2+,5-4+/t12-/m0/s1. The fraction of sp³-hybridized carbons (Fsp3) is 0.615. The van der Waals surface area contributed by atoms with Crippen LogP contribution in [-0.2, 0) is 14.6 Å². The number of carbonyl (C=O) groups excluding carboxylic acids is 1. The number of sulfone groups is 1. The van der Waals surface area contributed by atoms with Crippen molar-refractivity contribution < 1.29 is 13.2 Å². The molecular weight excluding hydrogens is 250 g/mol. The molecule has 0 aromatic heterocycles. The lowest BCUT2D eigenvalue weighted by molar-refractivity contribution is -0.128. The largest absolute Gasteiger partial charge is 0.332 e. The van der Waals surface area contributed by atoms with Crippen LogP contribution in [0.1, 0.15) is 26.2 Å². The van der Waals surface area contributed by atoms with Crippen LogP contribution in [0.3, 0.4) is 0 Å². The highest BCUT2D eigenvalue weighted by molar-refractivity contribution is 7.91. The first-order valence-corrected chi connectivity index (χ1v) is 8.18. The van der Waals surface area contributed by atoms with Gasteiger partial charge in [0.05, 0.1) is 11.5 Å². The maximum Gasteiger partial charge on any atom is 0.247 e. The molecular formula is C13H19NO3S. The Morgan fingerprint density at radius 2 is 1.89 bits per heavy atom. The maximum atomic E-state index is 12.1. The van der Waals surface area contributed by atoms with Crippen molar-refractivity contribution in [2.24, 2.45) is 0 Å². The van der Waals surface area contributed by atoms with E-state index in [-0.39, 0.29) is 29.5 Å². The minimum Gasteiger partial charge on any atom is -0.332 e. The number of nitrogens with zero attached hydrogens (tertiary/aromatic N) is 1. The second-order valence-electron chi connectivity index (χ2n) is 4.92. The highest BCUT2D eigenvalue weighted by atomic mass is 32.2. The Morgan fingerprint density at radius 3 is 2.39 bits per heavy atom. The molecule has 100 valence electrons.